The Hall–Kier alpha value is -3.93. The minimum absolute atomic E-state index is 0.115. The van der Waals surface area contributed by atoms with Crippen LogP contribution in [0.1, 0.15) is 44.7 Å². The Labute approximate surface area is 186 Å². The zero-order valence-electron chi connectivity index (χ0n) is 17.6. The molecule has 1 saturated heterocycles. The number of hydrogen-bond donors (Lipinski definition) is 1. The Morgan fingerprint density at radius 3 is 2.16 bits per heavy atom. The maximum atomic E-state index is 12.4. The maximum Gasteiger partial charge on any atom is 0.338 e. The lowest BCUT2D eigenvalue weighted by molar-refractivity contribution is -0.128. The van der Waals surface area contributed by atoms with E-state index in [0.717, 1.165) is 29.8 Å². The van der Waals surface area contributed by atoms with Crippen molar-refractivity contribution in [2.75, 3.05) is 11.9 Å². The van der Waals surface area contributed by atoms with Crippen molar-refractivity contribution in [2.24, 2.45) is 0 Å². The minimum Gasteiger partial charge on any atom is -0.457 e. The van der Waals surface area contributed by atoms with Crippen molar-refractivity contribution >= 4 is 23.5 Å². The molecule has 2 amide bonds. The van der Waals surface area contributed by atoms with E-state index in [4.69, 9.17) is 4.74 Å². The van der Waals surface area contributed by atoms with Crippen LogP contribution in [-0.2, 0) is 22.7 Å². The summed E-state index contributed by atoms with van der Waals surface area (Å²) in [6.07, 6.45) is 1.52. The molecule has 4 rings (SSSR count). The summed E-state index contributed by atoms with van der Waals surface area (Å²) in [5.41, 5.74) is 3.49. The Bertz CT molecular complexity index is 1090. The number of nitrogens with one attached hydrogen (secondary N) is 1. The normalized spacial score (nSPS) is 13.1. The average Bonchev–Trinajstić information content (AvgIpc) is 3.23. The van der Waals surface area contributed by atoms with Gasteiger partial charge >= 0.3 is 5.97 Å². The van der Waals surface area contributed by atoms with Crippen LogP contribution in [0.25, 0.3) is 0 Å². The van der Waals surface area contributed by atoms with Gasteiger partial charge in [0.05, 0.1) is 5.56 Å². The molecule has 0 spiro atoms. The Morgan fingerprint density at radius 2 is 1.50 bits per heavy atom. The smallest absolute Gasteiger partial charge is 0.338 e. The van der Waals surface area contributed by atoms with Crippen molar-refractivity contribution in [3.63, 3.8) is 0 Å². The second-order valence-corrected chi connectivity index (χ2v) is 7.71. The van der Waals surface area contributed by atoms with Gasteiger partial charge in [0.2, 0.25) is 5.91 Å². The summed E-state index contributed by atoms with van der Waals surface area (Å²) < 4.78 is 5.40. The van der Waals surface area contributed by atoms with Gasteiger partial charge in [-0.15, -0.1) is 0 Å². The molecule has 0 aromatic heterocycles. The summed E-state index contributed by atoms with van der Waals surface area (Å²) >= 11 is 0. The number of hydrogen-bond acceptors (Lipinski definition) is 4. The van der Waals surface area contributed by atoms with Crippen molar-refractivity contribution in [3.05, 3.63) is 101 Å². The van der Waals surface area contributed by atoms with Crippen molar-refractivity contribution in [3.8, 4) is 0 Å². The van der Waals surface area contributed by atoms with E-state index in [1.54, 1.807) is 36.4 Å². The molecule has 0 radical (unpaired) electrons. The molecule has 1 aliphatic heterocycles. The summed E-state index contributed by atoms with van der Waals surface area (Å²) in [5, 5.41) is 2.83. The zero-order chi connectivity index (χ0) is 22.3. The van der Waals surface area contributed by atoms with E-state index in [-0.39, 0.29) is 18.4 Å². The summed E-state index contributed by atoms with van der Waals surface area (Å²) in [4.78, 5) is 38.2. The molecule has 0 atom stereocenters. The molecule has 0 bridgehead atoms. The fourth-order valence-electron chi connectivity index (χ4n) is 3.55. The molecule has 1 N–H and O–H groups in total. The van der Waals surface area contributed by atoms with Crippen molar-refractivity contribution in [1.29, 1.82) is 0 Å². The summed E-state index contributed by atoms with van der Waals surface area (Å²) in [5.74, 6) is -0.438. The molecule has 3 aromatic rings. The molecule has 162 valence electrons. The van der Waals surface area contributed by atoms with E-state index < -0.39 is 5.97 Å². The number of rotatable bonds is 7. The minimum atomic E-state index is -0.417. The van der Waals surface area contributed by atoms with E-state index in [0.29, 0.717) is 24.1 Å². The second-order valence-electron chi connectivity index (χ2n) is 7.71. The van der Waals surface area contributed by atoms with Gasteiger partial charge in [0.15, 0.2) is 0 Å². The first kappa shape index (κ1) is 21.3. The van der Waals surface area contributed by atoms with Gasteiger partial charge in [0.25, 0.3) is 5.91 Å². The summed E-state index contributed by atoms with van der Waals surface area (Å²) in [6.45, 7) is 1.47. The second kappa shape index (κ2) is 9.92. The number of para-hydroxylation sites is 1. The van der Waals surface area contributed by atoms with Crippen LogP contribution >= 0.6 is 0 Å². The quantitative estimate of drug-likeness (QED) is 0.566. The molecular weight excluding hydrogens is 404 g/mol. The molecule has 0 saturated carbocycles. The zero-order valence-corrected chi connectivity index (χ0v) is 17.6. The molecule has 6 nitrogen and oxygen atoms in total. The van der Waals surface area contributed by atoms with Crippen LogP contribution in [0.3, 0.4) is 0 Å². The van der Waals surface area contributed by atoms with Crippen molar-refractivity contribution in [1.82, 2.24) is 4.90 Å². The molecule has 1 fully saturated rings. The number of likely N-dealkylation sites (tertiary alicyclic amines) is 1. The van der Waals surface area contributed by atoms with Gasteiger partial charge in [0, 0.05) is 30.8 Å². The first-order valence-electron chi connectivity index (χ1n) is 10.6. The van der Waals surface area contributed by atoms with Gasteiger partial charge in [0.1, 0.15) is 6.61 Å². The third-order valence-corrected chi connectivity index (χ3v) is 5.35. The number of carbonyl (C=O) groups is 3. The predicted molar refractivity (Wildman–Crippen MR) is 121 cm³/mol. The van der Waals surface area contributed by atoms with Gasteiger partial charge in [-0.2, -0.15) is 0 Å². The molecule has 1 heterocycles. The van der Waals surface area contributed by atoms with Crippen molar-refractivity contribution in [2.45, 2.75) is 26.0 Å². The number of carbonyl (C=O) groups excluding carboxylic acids is 3. The van der Waals surface area contributed by atoms with Crippen LogP contribution in [0.2, 0.25) is 0 Å². The largest absolute Gasteiger partial charge is 0.457 e. The Balaban J connectivity index is 1.28. The van der Waals surface area contributed by atoms with Crippen LogP contribution in [0.4, 0.5) is 5.69 Å². The van der Waals surface area contributed by atoms with Gasteiger partial charge in [-0.3, -0.25) is 9.59 Å². The molecular formula is C26H24N2O4. The predicted octanol–water partition coefficient (Wildman–Crippen LogP) is 4.42. The lowest BCUT2D eigenvalue weighted by Crippen LogP contribution is -2.23. The van der Waals surface area contributed by atoms with Crippen LogP contribution in [0, 0.1) is 0 Å². The van der Waals surface area contributed by atoms with E-state index in [1.807, 2.05) is 47.4 Å². The fraction of sp³-hybridized carbons (Fsp3) is 0.192. The highest BCUT2D eigenvalue weighted by molar-refractivity contribution is 6.04. The highest BCUT2D eigenvalue weighted by atomic mass is 16.5. The van der Waals surface area contributed by atoms with E-state index in [1.165, 1.54) is 0 Å². The van der Waals surface area contributed by atoms with Gasteiger partial charge < -0.3 is 15.0 Å². The summed E-state index contributed by atoms with van der Waals surface area (Å²) in [7, 11) is 0. The number of esters is 1. The molecule has 6 heteroatoms. The highest BCUT2D eigenvalue weighted by Gasteiger charge is 2.20. The molecule has 32 heavy (non-hydrogen) atoms. The number of anilines is 1. The Kier molecular flexibility index (Phi) is 6.60. The average molecular weight is 428 g/mol. The standard InChI is InChI=1S/C26H24N2O4/c29-24-7-4-16-28(24)17-19-8-14-22(15-9-19)26(31)32-18-20-10-12-21(13-11-20)25(30)27-23-5-2-1-3-6-23/h1-3,5-6,8-15H,4,7,16-18H2,(H,27,30). The van der Waals surface area contributed by atoms with Gasteiger partial charge in [-0.25, -0.2) is 4.79 Å². The van der Waals surface area contributed by atoms with Crippen LogP contribution in [0.5, 0.6) is 0 Å². The van der Waals surface area contributed by atoms with E-state index in [9.17, 15) is 14.4 Å². The number of amides is 2. The SMILES string of the molecule is O=C(Nc1ccccc1)c1ccc(COC(=O)c2ccc(CN3CCCC3=O)cc2)cc1. The van der Waals surface area contributed by atoms with Crippen LogP contribution in [0.15, 0.2) is 78.9 Å². The third-order valence-electron chi connectivity index (χ3n) is 5.35. The van der Waals surface area contributed by atoms with E-state index in [2.05, 4.69) is 5.32 Å². The third kappa shape index (κ3) is 5.40. The monoisotopic (exact) mass is 428 g/mol. The first-order chi connectivity index (χ1) is 15.6. The molecule has 1 aliphatic rings. The fourth-order valence-corrected chi connectivity index (χ4v) is 3.55. The van der Waals surface area contributed by atoms with Crippen molar-refractivity contribution < 1.29 is 19.1 Å². The Morgan fingerprint density at radius 1 is 0.844 bits per heavy atom. The number of nitrogens with zero attached hydrogens (tertiary/aromatic N) is 1. The highest BCUT2D eigenvalue weighted by Crippen LogP contribution is 2.16. The maximum absolute atomic E-state index is 12.4. The molecule has 0 aliphatic carbocycles. The number of benzene rings is 3. The van der Waals surface area contributed by atoms with Gasteiger partial charge in [-0.1, -0.05) is 42.5 Å². The first-order valence-corrected chi connectivity index (χ1v) is 10.6. The van der Waals surface area contributed by atoms with Crippen LogP contribution in [-0.4, -0.2) is 29.2 Å². The van der Waals surface area contributed by atoms with Crippen LogP contribution < -0.4 is 5.32 Å². The molecule has 0 unspecified atom stereocenters. The van der Waals surface area contributed by atoms with Gasteiger partial charge in [-0.05, 0) is 53.9 Å². The molecule has 3 aromatic carbocycles. The topological polar surface area (TPSA) is 75.7 Å². The lowest BCUT2D eigenvalue weighted by atomic mass is 10.1. The van der Waals surface area contributed by atoms with E-state index >= 15 is 0 Å². The lowest BCUT2D eigenvalue weighted by Gasteiger charge is -2.15. The number of ether oxygens (including phenoxy) is 1. The summed E-state index contributed by atoms with van der Waals surface area (Å²) in [6, 6.07) is 23.3.